The number of aromatic nitrogens is 1. The maximum atomic E-state index is 13.0. The summed E-state index contributed by atoms with van der Waals surface area (Å²) in [6, 6.07) is 17.0. The van der Waals surface area contributed by atoms with E-state index in [0.717, 1.165) is 24.9 Å². The largest absolute Gasteiger partial charge is 0.343 e. The fourth-order valence-electron chi connectivity index (χ4n) is 3.73. The van der Waals surface area contributed by atoms with E-state index < -0.39 is 0 Å². The molecule has 1 atom stereocenters. The predicted molar refractivity (Wildman–Crippen MR) is 96.9 cm³/mol. The molecule has 0 saturated carbocycles. The highest BCUT2D eigenvalue weighted by atomic mass is 19.1. The normalized spacial score (nSPS) is 16.6. The third-order valence-electron chi connectivity index (χ3n) is 5.23. The van der Waals surface area contributed by atoms with Gasteiger partial charge in [0.15, 0.2) is 0 Å². The van der Waals surface area contributed by atoms with Crippen molar-refractivity contribution in [3.05, 3.63) is 71.7 Å². The van der Waals surface area contributed by atoms with E-state index >= 15 is 0 Å². The van der Waals surface area contributed by atoms with Crippen LogP contribution in [0, 0.1) is 5.82 Å². The molecule has 1 aliphatic rings. The fraction of sp³-hybridized carbons (Fsp3) is 0.286. The standard InChI is InChI=1S/C21H21FN2O/c1-23(21(25)12-15-6-8-17(22)9-7-15)19-11-10-18-13-16-4-2-3-5-20(16)24(18)14-19/h2-9,13,19H,10-12,14H2,1H3/t19-/m1/s1. The van der Waals surface area contributed by atoms with Gasteiger partial charge in [0.25, 0.3) is 0 Å². The quantitative estimate of drug-likeness (QED) is 0.714. The van der Waals surface area contributed by atoms with Crippen LogP contribution in [0.2, 0.25) is 0 Å². The zero-order valence-corrected chi connectivity index (χ0v) is 14.3. The molecule has 2 heterocycles. The van der Waals surface area contributed by atoms with E-state index in [2.05, 4.69) is 34.9 Å². The molecule has 0 bridgehead atoms. The Morgan fingerprint density at radius 2 is 1.96 bits per heavy atom. The second-order valence-electron chi connectivity index (χ2n) is 6.81. The number of halogens is 1. The summed E-state index contributed by atoms with van der Waals surface area (Å²) < 4.78 is 15.4. The van der Waals surface area contributed by atoms with Crippen LogP contribution in [-0.2, 0) is 24.2 Å². The molecule has 0 N–H and O–H groups in total. The number of aryl methyl sites for hydroxylation is 1. The summed E-state index contributed by atoms with van der Waals surface area (Å²) in [4.78, 5) is 14.5. The van der Waals surface area contributed by atoms with E-state index in [1.807, 2.05) is 11.9 Å². The molecule has 4 rings (SSSR count). The van der Waals surface area contributed by atoms with Crippen LogP contribution in [0.25, 0.3) is 10.9 Å². The van der Waals surface area contributed by atoms with Crippen LogP contribution in [0.3, 0.4) is 0 Å². The highest BCUT2D eigenvalue weighted by molar-refractivity contribution is 5.82. The Kier molecular flexibility index (Phi) is 4.04. The molecule has 128 valence electrons. The summed E-state index contributed by atoms with van der Waals surface area (Å²) in [6.45, 7) is 0.828. The van der Waals surface area contributed by atoms with Gasteiger partial charge in [0, 0.05) is 30.8 Å². The van der Waals surface area contributed by atoms with Crippen LogP contribution in [-0.4, -0.2) is 28.5 Å². The van der Waals surface area contributed by atoms with Crippen molar-refractivity contribution in [2.75, 3.05) is 7.05 Å². The van der Waals surface area contributed by atoms with E-state index in [0.29, 0.717) is 6.42 Å². The van der Waals surface area contributed by atoms with Gasteiger partial charge in [0.1, 0.15) is 5.82 Å². The van der Waals surface area contributed by atoms with Gasteiger partial charge in [0.2, 0.25) is 5.91 Å². The lowest BCUT2D eigenvalue weighted by Gasteiger charge is -2.33. The molecule has 2 aromatic carbocycles. The Morgan fingerprint density at radius 3 is 2.76 bits per heavy atom. The van der Waals surface area contributed by atoms with Gasteiger partial charge in [-0.2, -0.15) is 0 Å². The number of nitrogens with zero attached hydrogens (tertiary/aromatic N) is 2. The van der Waals surface area contributed by atoms with Crippen molar-refractivity contribution < 1.29 is 9.18 Å². The first-order chi connectivity index (χ1) is 12.1. The molecule has 0 spiro atoms. The van der Waals surface area contributed by atoms with Gasteiger partial charge in [-0.1, -0.05) is 30.3 Å². The van der Waals surface area contributed by atoms with Crippen LogP contribution >= 0.6 is 0 Å². The Hall–Kier alpha value is -2.62. The number of para-hydroxylation sites is 1. The SMILES string of the molecule is CN(C(=O)Cc1ccc(F)cc1)[C@@H]1CCc2cc3ccccc3n2C1. The number of hydrogen-bond acceptors (Lipinski definition) is 1. The highest BCUT2D eigenvalue weighted by Crippen LogP contribution is 2.27. The minimum absolute atomic E-state index is 0.0801. The summed E-state index contributed by atoms with van der Waals surface area (Å²) in [5.74, 6) is -0.194. The number of amides is 1. The lowest BCUT2D eigenvalue weighted by molar-refractivity contribution is -0.131. The monoisotopic (exact) mass is 336 g/mol. The van der Waals surface area contributed by atoms with Crippen LogP contribution in [0.1, 0.15) is 17.7 Å². The Balaban J connectivity index is 1.50. The lowest BCUT2D eigenvalue weighted by Crippen LogP contribution is -2.43. The Morgan fingerprint density at radius 1 is 1.20 bits per heavy atom. The second kappa shape index (κ2) is 6.36. The van der Waals surface area contributed by atoms with E-state index in [4.69, 9.17) is 0 Å². The van der Waals surface area contributed by atoms with Crippen molar-refractivity contribution in [1.29, 1.82) is 0 Å². The van der Waals surface area contributed by atoms with Gasteiger partial charge < -0.3 is 9.47 Å². The smallest absolute Gasteiger partial charge is 0.227 e. The molecule has 1 aliphatic heterocycles. The van der Waals surface area contributed by atoms with E-state index in [-0.39, 0.29) is 17.8 Å². The summed E-state index contributed by atoms with van der Waals surface area (Å²) in [5, 5.41) is 1.26. The molecule has 0 aliphatic carbocycles. The molecule has 0 saturated heterocycles. The molecule has 1 aromatic heterocycles. The molecule has 1 amide bonds. The third kappa shape index (κ3) is 3.04. The number of carbonyl (C=O) groups is 1. The van der Waals surface area contributed by atoms with Gasteiger partial charge in [-0.25, -0.2) is 4.39 Å². The zero-order valence-electron chi connectivity index (χ0n) is 14.3. The van der Waals surface area contributed by atoms with E-state index in [9.17, 15) is 9.18 Å². The Bertz CT molecular complexity index is 913. The summed E-state index contributed by atoms with van der Waals surface area (Å²) in [7, 11) is 1.88. The summed E-state index contributed by atoms with van der Waals surface area (Å²) in [5.41, 5.74) is 3.43. The molecule has 25 heavy (non-hydrogen) atoms. The number of rotatable bonds is 3. The fourth-order valence-corrected chi connectivity index (χ4v) is 3.73. The first-order valence-electron chi connectivity index (χ1n) is 8.69. The van der Waals surface area contributed by atoms with Crippen LogP contribution in [0.4, 0.5) is 4.39 Å². The van der Waals surface area contributed by atoms with Gasteiger partial charge in [-0.05, 0) is 48.1 Å². The summed E-state index contributed by atoms with van der Waals surface area (Å²) >= 11 is 0. The van der Waals surface area contributed by atoms with Gasteiger partial charge in [0.05, 0.1) is 6.42 Å². The van der Waals surface area contributed by atoms with Gasteiger partial charge in [-0.15, -0.1) is 0 Å². The summed E-state index contributed by atoms with van der Waals surface area (Å²) in [6.07, 6.45) is 2.27. The van der Waals surface area contributed by atoms with Crippen molar-refractivity contribution in [3.63, 3.8) is 0 Å². The minimum Gasteiger partial charge on any atom is -0.343 e. The highest BCUT2D eigenvalue weighted by Gasteiger charge is 2.26. The molecule has 0 unspecified atom stereocenters. The second-order valence-corrected chi connectivity index (χ2v) is 6.81. The molecule has 4 heteroatoms. The number of hydrogen-bond donors (Lipinski definition) is 0. The molecular weight excluding hydrogens is 315 g/mol. The van der Waals surface area contributed by atoms with Crippen molar-refractivity contribution in [2.45, 2.75) is 31.8 Å². The number of benzene rings is 2. The third-order valence-corrected chi connectivity index (χ3v) is 5.23. The maximum Gasteiger partial charge on any atom is 0.227 e. The van der Waals surface area contributed by atoms with Crippen LogP contribution < -0.4 is 0 Å². The lowest BCUT2D eigenvalue weighted by atomic mass is 10.0. The van der Waals surface area contributed by atoms with E-state index in [1.165, 1.54) is 28.7 Å². The van der Waals surface area contributed by atoms with Crippen LogP contribution in [0.15, 0.2) is 54.6 Å². The number of likely N-dealkylation sites (N-methyl/N-ethyl adjacent to an activating group) is 1. The minimum atomic E-state index is -0.274. The molecule has 3 aromatic rings. The van der Waals surface area contributed by atoms with Crippen molar-refractivity contribution in [2.24, 2.45) is 0 Å². The van der Waals surface area contributed by atoms with Crippen molar-refractivity contribution in [1.82, 2.24) is 9.47 Å². The average Bonchev–Trinajstić information content (AvgIpc) is 3.01. The first-order valence-corrected chi connectivity index (χ1v) is 8.69. The average molecular weight is 336 g/mol. The van der Waals surface area contributed by atoms with Gasteiger partial charge >= 0.3 is 0 Å². The molecule has 0 radical (unpaired) electrons. The molecular formula is C21H21FN2O. The van der Waals surface area contributed by atoms with E-state index in [1.54, 1.807) is 12.1 Å². The van der Waals surface area contributed by atoms with Crippen molar-refractivity contribution >= 4 is 16.8 Å². The molecule has 3 nitrogen and oxygen atoms in total. The van der Waals surface area contributed by atoms with Crippen LogP contribution in [0.5, 0.6) is 0 Å². The number of carbonyl (C=O) groups excluding carboxylic acids is 1. The zero-order chi connectivity index (χ0) is 17.4. The first kappa shape index (κ1) is 15.9. The van der Waals surface area contributed by atoms with Gasteiger partial charge in [-0.3, -0.25) is 4.79 Å². The maximum absolute atomic E-state index is 13.0. The Labute approximate surface area is 146 Å². The molecule has 0 fully saturated rings. The topological polar surface area (TPSA) is 25.2 Å². The predicted octanol–water partition coefficient (Wildman–Crippen LogP) is 3.80. The van der Waals surface area contributed by atoms with Crippen molar-refractivity contribution in [3.8, 4) is 0 Å². The number of fused-ring (bicyclic) bond motifs is 3.